The Bertz CT molecular complexity index is 532. The van der Waals surface area contributed by atoms with E-state index >= 15 is 0 Å². The summed E-state index contributed by atoms with van der Waals surface area (Å²) in [5.41, 5.74) is 6.36. The van der Waals surface area contributed by atoms with Gasteiger partial charge in [0.2, 0.25) is 0 Å². The molecule has 1 aliphatic heterocycles. The van der Waals surface area contributed by atoms with E-state index in [2.05, 4.69) is 9.88 Å². The number of fused-ring (bicyclic) bond motifs is 1. The number of nitrogens with zero attached hydrogens (tertiary/aromatic N) is 2. The van der Waals surface area contributed by atoms with Crippen molar-refractivity contribution in [3.05, 3.63) is 24.0 Å². The normalized spacial score (nSPS) is 17.9. The second-order valence-corrected chi connectivity index (χ2v) is 5.42. The SMILES string of the molecule is NC1CCN(c2nc3c(F)cccc3s2)CC1. The Morgan fingerprint density at radius 3 is 2.82 bits per heavy atom. The molecule has 1 fully saturated rings. The van der Waals surface area contributed by atoms with Gasteiger partial charge >= 0.3 is 0 Å². The van der Waals surface area contributed by atoms with E-state index in [0.29, 0.717) is 11.6 Å². The van der Waals surface area contributed by atoms with Crippen LogP contribution in [0, 0.1) is 5.82 Å². The molecule has 0 bridgehead atoms. The predicted octanol–water partition coefficient (Wildman–Crippen LogP) is 2.36. The molecule has 3 rings (SSSR count). The van der Waals surface area contributed by atoms with E-state index in [1.54, 1.807) is 17.4 Å². The number of rotatable bonds is 1. The van der Waals surface area contributed by atoms with E-state index in [9.17, 15) is 4.39 Å². The Morgan fingerprint density at radius 1 is 1.35 bits per heavy atom. The minimum atomic E-state index is -0.237. The molecule has 1 saturated heterocycles. The number of anilines is 1. The third kappa shape index (κ3) is 2.00. The van der Waals surface area contributed by atoms with Gasteiger partial charge in [0.25, 0.3) is 0 Å². The second kappa shape index (κ2) is 4.23. The zero-order valence-electron chi connectivity index (χ0n) is 9.40. The summed E-state index contributed by atoms with van der Waals surface area (Å²) >= 11 is 1.55. The fourth-order valence-corrected chi connectivity index (χ4v) is 3.16. The van der Waals surface area contributed by atoms with Crippen molar-refractivity contribution in [2.45, 2.75) is 18.9 Å². The summed E-state index contributed by atoms with van der Waals surface area (Å²) in [7, 11) is 0. The number of hydrogen-bond acceptors (Lipinski definition) is 4. The van der Waals surface area contributed by atoms with Gasteiger partial charge in [0.15, 0.2) is 5.13 Å². The summed E-state index contributed by atoms with van der Waals surface area (Å²) in [6.45, 7) is 1.84. The van der Waals surface area contributed by atoms with E-state index in [4.69, 9.17) is 5.73 Å². The number of benzene rings is 1. The van der Waals surface area contributed by atoms with Gasteiger partial charge in [0, 0.05) is 19.1 Å². The molecule has 5 heteroatoms. The number of nitrogens with two attached hydrogens (primary N) is 1. The molecule has 0 saturated carbocycles. The molecule has 1 aromatic heterocycles. The van der Waals surface area contributed by atoms with Crippen LogP contribution in [0.4, 0.5) is 9.52 Å². The highest BCUT2D eigenvalue weighted by atomic mass is 32.1. The highest BCUT2D eigenvalue weighted by Gasteiger charge is 2.19. The van der Waals surface area contributed by atoms with E-state index in [1.165, 1.54) is 6.07 Å². The zero-order chi connectivity index (χ0) is 11.8. The molecule has 0 spiro atoms. The van der Waals surface area contributed by atoms with Crippen LogP contribution in [0.5, 0.6) is 0 Å². The summed E-state index contributed by atoms with van der Waals surface area (Å²) in [6, 6.07) is 5.40. The average molecular weight is 251 g/mol. The van der Waals surface area contributed by atoms with Gasteiger partial charge in [0.1, 0.15) is 11.3 Å². The van der Waals surface area contributed by atoms with E-state index < -0.39 is 0 Å². The van der Waals surface area contributed by atoms with Crippen molar-refractivity contribution >= 4 is 26.7 Å². The van der Waals surface area contributed by atoms with Crippen molar-refractivity contribution in [1.82, 2.24) is 4.98 Å². The Kier molecular flexibility index (Phi) is 2.72. The predicted molar refractivity (Wildman–Crippen MR) is 69.0 cm³/mol. The average Bonchev–Trinajstić information content (AvgIpc) is 2.75. The van der Waals surface area contributed by atoms with Crippen molar-refractivity contribution in [1.29, 1.82) is 0 Å². The minimum Gasteiger partial charge on any atom is -0.348 e. The van der Waals surface area contributed by atoms with Gasteiger partial charge in [-0.3, -0.25) is 0 Å². The maximum atomic E-state index is 13.5. The van der Waals surface area contributed by atoms with Crippen LogP contribution >= 0.6 is 11.3 Å². The van der Waals surface area contributed by atoms with Crippen LogP contribution in [0.3, 0.4) is 0 Å². The van der Waals surface area contributed by atoms with Gasteiger partial charge < -0.3 is 10.6 Å². The van der Waals surface area contributed by atoms with Crippen LogP contribution in [0.15, 0.2) is 18.2 Å². The summed E-state index contributed by atoms with van der Waals surface area (Å²) in [6.07, 6.45) is 1.97. The molecule has 17 heavy (non-hydrogen) atoms. The molecule has 3 nitrogen and oxygen atoms in total. The number of hydrogen-bond donors (Lipinski definition) is 1. The molecule has 0 atom stereocenters. The van der Waals surface area contributed by atoms with Crippen LogP contribution in [0.1, 0.15) is 12.8 Å². The fourth-order valence-electron chi connectivity index (χ4n) is 2.13. The Morgan fingerprint density at radius 2 is 2.12 bits per heavy atom. The van der Waals surface area contributed by atoms with Gasteiger partial charge in [-0.2, -0.15) is 0 Å². The minimum absolute atomic E-state index is 0.237. The first-order chi connectivity index (χ1) is 8.24. The summed E-state index contributed by atoms with van der Waals surface area (Å²) in [4.78, 5) is 6.59. The lowest BCUT2D eigenvalue weighted by Crippen LogP contribution is -2.39. The van der Waals surface area contributed by atoms with Crippen molar-refractivity contribution in [2.75, 3.05) is 18.0 Å². The van der Waals surface area contributed by atoms with Gasteiger partial charge in [-0.1, -0.05) is 17.4 Å². The Labute approximate surface area is 103 Å². The van der Waals surface area contributed by atoms with Crippen LogP contribution in [0.2, 0.25) is 0 Å². The molecule has 2 N–H and O–H groups in total. The maximum Gasteiger partial charge on any atom is 0.186 e. The van der Waals surface area contributed by atoms with Gasteiger partial charge in [-0.25, -0.2) is 9.37 Å². The number of para-hydroxylation sites is 1. The molecule has 1 aromatic carbocycles. The van der Waals surface area contributed by atoms with E-state index in [-0.39, 0.29) is 5.82 Å². The lowest BCUT2D eigenvalue weighted by atomic mass is 10.1. The monoisotopic (exact) mass is 251 g/mol. The van der Waals surface area contributed by atoms with Crippen molar-refractivity contribution in [3.63, 3.8) is 0 Å². The summed E-state index contributed by atoms with van der Waals surface area (Å²) in [5, 5.41) is 0.914. The highest BCUT2D eigenvalue weighted by Crippen LogP contribution is 2.31. The lowest BCUT2D eigenvalue weighted by Gasteiger charge is -2.29. The second-order valence-electron chi connectivity index (χ2n) is 4.41. The number of halogens is 1. The lowest BCUT2D eigenvalue weighted by molar-refractivity contribution is 0.501. The standard InChI is InChI=1S/C12H14FN3S/c13-9-2-1-3-10-11(9)15-12(17-10)16-6-4-8(14)5-7-16/h1-3,8H,4-7,14H2. The molecule has 90 valence electrons. The van der Waals surface area contributed by atoms with Crippen LogP contribution < -0.4 is 10.6 Å². The quantitative estimate of drug-likeness (QED) is 0.846. The summed E-state index contributed by atoms with van der Waals surface area (Å²) in [5.74, 6) is -0.237. The Balaban J connectivity index is 1.93. The van der Waals surface area contributed by atoms with Gasteiger partial charge in [-0.05, 0) is 25.0 Å². The van der Waals surface area contributed by atoms with Crippen molar-refractivity contribution in [2.24, 2.45) is 5.73 Å². The Hall–Kier alpha value is -1.20. The number of thiazole rings is 1. The first-order valence-corrected chi connectivity index (χ1v) is 6.61. The molecule has 1 aliphatic rings. The largest absolute Gasteiger partial charge is 0.348 e. The molecular formula is C12H14FN3S. The fraction of sp³-hybridized carbons (Fsp3) is 0.417. The molecule has 0 radical (unpaired) electrons. The zero-order valence-corrected chi connectivity index (χ0v) is 10.2. The molecule has 0 aliphatic carbocycles. The van der Waals surface area contributed by atoms with Crippen molar-refractivity contribution in [3.8, 4) is 0 Å². The topological polar surface area (TPSA) is 42.1 Å². The molecule has 0 unspecified atom stereocenters. The number of aromatic nitrogens is 1. The third-order valence-corrected chi connectivity index (χ3v) is 4.25. The van der Waals surface area contributed by atoms with Gasteiger partial charge in [-0.15, -0.1) is 0 Å². The van der Waals surface area contributed by atoms with E-state index in [1.807, 2.05) is 6.07 Å². The van der Waals surface area contributed by atoms with Gasteiger partial charge in [0.05, 0.1) is 4.70 Å². The highest BCUT2D eigenvalue weighted by molar-refractivity contribution is 7.22. The van der Waals surface area contributed by atoms with Crippen LogP contribution in [-0.2, 0) is 0 Å². The first kappa shape index (κ1) is 10.9. The summed E-state index contributed by atoms with van der Waals surface area (Å²) < 4.78 is 14.4. The number of piperidine rings is 1. The smallest absolute Gasteiger partial charge is 0.186 e. The maximum absolute atomic E-state index is 13.5. The first-order valence-electron chi connectivity index (χ1n) is 5.79. The molecule has 0 amide bonds. The van der Waals surface area contributed by atoms with E-state index in [0.717, 1.165) is 35.8 Å². The molecule has 2 aromatic rings. The molecular weight excluding hydrogens is 237 g/mol. The third-order valence-electron chi connectivity index (χ3n) is 3.17. The van der Waals surface area contributed by atoms with Crippen molar-refractivity contribution < 1.29 is 4.39 Å². The van der Waals surface area contributed by atoms with Crippen LogP contribution in [-0.4, -0.2) is 24.1 Å². The molecule has 2 heterocycles. The van der Waals surface area contributed by atoms with Crippen LogP contribution in [0.25, 0.3) is 10.2 Å².